The summed E-state index contributed by atoms with van der Waals surface area (Å²) in [6.45, 7) is 8.77. The van der Waals surface area contributed by atoms with Gasteiger partial charge in [-0.05, 0) is 24.2 Å². The van der Waals surface area contributed by atoms with Crippen molar-refractivity contribution in [3.8, 4) is 0 Å². The van der Waals surface area contributed by atoms with E-state index in [1.807, 2.05) is 4.90 Å². The maximum absolute atomic E-state index is 10.5. The van der Waals surface area contributed by atoms with Crippen LogP contribution in [-0.2, 0) is 4.79 Å². The average Bonchev–Trinajstić information content (AvgIpc) is 2.06. The minimum absolute atomic E-state index is 0.458. The Morgan fingerprint density at radius 3 is 2.17 bits per heavy atom. The molecule has 0 aromatic rings. The van der Waals surface area contributed by atoms with Crippen LogP contribution in [-0.4, -0.2) is 24.4 Å². The average molecular weight is 169 g/mol. The van der Waals surface area contributed by atoms with E-state index < -0.39 is 0 Å². The number of nitrogens with zero attached hydrogens (tertiary/aromatic N) is 1. The fourth-order valence-corrected chi connectivity index (χ4v) is 1.72. The van der Waals surface area contributed by atoms with Crippen LogP contribution in [0.5, 0.6) is 0 Å². The molecule has 0 atom stereocenters. The second-order valence-electron chi connectivity index (χ2n) is 4.45. The van der Waals surface area contributed by atoms with Gasteiger partial charge in [0.2, 0.25) is 6.41 Å². The lowest BCUT2D eigenvalue weighted by molar-refractivity contribution is -0.120. The van der Waals surface area contributed by atoms with Crippen molar-refractivity contribution in [3.05, 3.63) is 0 Å². The maximum atomic E-state index is 10.5. The zero-order valence-corrected chi connectivity index (χ0v) is 8.34. The van der Waals surface area contributed by atoms with E-state index in [1.165, 1.54) is 0 Å². The summed E-state index contributed by atoms with van der Waals surface area (Å²) in [6.07, 6.45) is 3.28. The standard InChI is InChI=1S/C10H19NO/c1-9(2)10(3)4-6-11(8-12)7-5-10/h8-9H,4-7H2,1-3H3. The van der Waals surface area contributed by atoms with Crippen molar-refractivity contribution < 1.29 is 4.79 Å². The summed E-state index contributed by atoms with van der Waals surface area (Å²) in [5.74, 6) is 0.728. The minimum Gasteiger partial charge on any atom is -0.345 e. The lowest BCUT2D eigenvalue weighted by Gasteiger charge is -2.40. The fraction of sp³-hybridized carbons (Fsp3) is 0.900. The number of amides is 1. The van der Waals surface area contributed by atoms with Crippen molar-refractivity contribution in [2.24, 2.45) is 11.3 Å². The monoisotopic (exact) mass is 169 g/mol. The zero-order chi connectivity index (χ0) is 9.19. The second kappa shape index (κ2) is 3.46. The molecule has 1 rings (SSSR count). The van der Waals surface area contributed by atoms with E-state index in [4.69, 9.17) is 0 Å². The van der Waals surface area contributed by atoms with Crippen LogP contribution >= 0.6 is 0 Å². The summed E-state index contributed by atoms with van der Waals surface area (Å²) < 4.78 is 0. The zero-order valence-electron chi connectivity index (χ0n) is 8.34. The predicted molar refractivity (Wildman–Crippen MR) is 49.8 cm³/mol. The molecule has 0 aromatic carbocycles. The van der Waals surface area contributed by atoms with Gasteiger partial charge in [0.05, 0.1) is 0 Å². The van der Waals surface area contributed by atoms with Gasteiger partial charge >= 0.3 is 0 Å². The highest BCUT2D eigenvalue weighted by Crippen LogP contribution is 2.37. The Bertz CT molecular complexity index is 157. The molecule has 1 saturated heterocycles. The van der Waals surface area contributed by atoms with Crippen LogP contribution in [0.4, 0.5) is 0 Å². The van der Waals surface area contributed by atoms with Gasteiger partial charge in [0.15, 0.2) is 0 Å². The van der Waals surface area contributed by atoms with Gasteiger partial charge in [-0.25, -0.2) is 0 Å². The Kier molecular flexibility index (Phi) is 2.76. The summed E-state index contributed by atoms with van der Waals surface area (Å²) >= 11 is 0. The molecule has 12 heavy (non-hydrogen) atoms. The summed E-state index contributed by atoms with van der Waals surface area (Å²) in [7, 11) is 0. The first-order valence-electron chi connectivity index (χ1n) is 4.78. The van der Waals surface area contributed by atoms with Gasteiger partial charge in [0.25, 0.3) is 0 Å². The first-order chi connectivity index (χ1) is 5.58. The first-order valence-corrected chi connectivity index (χ1v) is 4.78. The van der Waals surface area contributed by atoms with E-state index in [-0.39, 0.29) is 0 Å². The SMILES string of the molecule is CC(C)C1(C)CCN(C=O)CC1. The molecule has 2 nitrogen and oxygen atoms in total. The van der Waals surface area contributed by atoms with E-state index >= 15 is 0 Å². The number of hydrogen-bond acceptors (Lipinski definition) is 1. The van der Waals surface area contributed by atoms with Crippen molar-refractivity contribution in [1.29, 1.82) is 0 Å². The molecule has 1 heterocycles. The number of piperidine rings is 1. The summed E-state index contributed by atoms with van der Waals surface area (Å²) in [5.41, 5.74) is 0.458. The van der Waals surface area contributed by atoms with E-state index in [1.54, 1.807) is 0 Å². The molecule has 1 aliphatic rings. The van der Waals surface area contributed by atoms with Gasteiger partial charge in [0.1, 0.15) is 0 Å². The topological polar surface area (TPSA) is 20.3 Å². The molecule has 1 aliphatic heterocycles. The fourth-order valence-electron chi connectivity index (χ4n) is 1.72. The van der Waals surface area contributed by atoms with Crippen LogP contribution in [0.15, 0.2) is 0 Å². The summed E-state index contributed by atoms with van der Waals surface area (Å²) in [6, 6.07) is 0. The number of hydrogen-bond donors (Lipinski definition) is 0. The molecule has 70 valence electrons. The number of carbonyl (C=O) groups is 1. The molecule has 1 amide bonds. The highest BCUT2D eigenvalue weighted by Gasteiger charge is 2.32. The van der Waals surface area contributed by atoms with Crippen molar-refractivity contribution >= 4 is 6.41 Å². The third kappa shape index (κ3) is 1.79. The quantitative estimate of drug-likeness (QED) is 0.578. The normalized spacial score (nSPS) is 22.8. The lowest BCUT2D eigenvalue weighted by atomic mass is 9.72. The number of rotatable bonds is 2. The molecular formula is C10H19NO. The van der Waals surface area contributed by atoms with Crippen molar-refractivity contribution in [2.75, 3.05) is 13.1 Å². The Morgan fingerprint density at radius 1 is 1.33 bits per heavy atom. The van der Waals surface area contributed by atoms with Crippen LogP contribution < -0.4 is 0 Å². The van der Waals surface area contributed by atoms with Gasteiger partial charge in [-0.15, -0.1) is 0 Å². The van der Waals surface area contributed by atoms with Crippen LogP contribution in [0, 0.1) is 11.3 Å². The number of carbonyl (C=O) groups excluding carboxylic acids is 1. The smallest absolute Gasteiger partial charge is 0.209 e. The van der Waals surface area contributed by atoms with Crippen LogP contribution in [0.1, 0.15) is 33.6 Å². The lowest BCUT2D eigenvalue weighted by Crippen LogP contribution is -2.40. The maximum Gasteiger partial charge on any atom is 0.209 e. The van der Waals surface area contributed by atoms with Crippen molar-refractivity contribution in [1.82, 2.24) is 4.90 Å². The predicted octanol–water partition coefficient (Wildman–Crippen LogP) is 1.90. The van der Waals surface area contributed by atoms with E-state index in [0.29, 0.717) is 5.41 Å². The molecular weight excluding hydrogens is 150 g/mol. The Hall–Kier alpha value is -0.530. The third-order valence-electron chi connectivity index (χ3n) is 3.48. The first kappa shape index (κ1) is 9.56. The van der Waals surface area contributed by atoms with Crippen molar-refractivity contribution in [3.63, 3.8) is 0 Å². The highest BCUT2D eigenvalue weighted by molar-refractivity contribution is 5.47. The summed E-state index contributed by atoms with van der Waals surface area (Å²) in [4.78, 5) is 12.3. The molecule has 0 unspecified atom stereocenters. The molecule has 2 heteroatoms. The van der Waals surface area contributed by atoms with Crippen LogP contribution in [0.25, 0.3) is 0 Å². The number of likely N-dealkylation sites (tertiary alicyclic amines) is 1. The molecule has 0 spiro atoms. The van der Waals surface area contributed by atoms with Gasteiger partial charge in [-0.3, -0.25) is 4.79 Å². The Balaban J connectivity index is 2.49. The van der Waals surface area contributed by atoms with E-state index in [0.717, 1.165) is 38.3 Å². The second-order valence-corrected chi connectivity index (χ2v) is 4.45. The highest BCUT2D eigenvalue weighted by atomic mass is 16.1. The molecule has 0 aromatic heterocycles. The molecule has 0 N–H and O–H groups in total. The van der Waals surface area contributed by atoms with Crippen LogP contribution in [0.2, 0.25) is 0 Å². The molecule has 0 aliphatic carbocycles. The molecule has 0 bridgehead atoms. The van der Waals surface area contributed by atoms with Gasteiger partial charge < -0.3 is 4.90 Å². The Morgan fingerprint density at radius 2 is 1.83 bits per heavy atom. The van der Waals surface area contributed by atoms with Gasteiger partial charge in [-0.2, -0.15) is 0 Å². The van der Waals surface area contributed by atoms with Gasteiger partial charge in [-0.1, -0.05) is 20.8 Å². The summed E-state index contributed by atoms with van der Waals surface area (Å²) in [5, 5.41) is 0. The molecule has 1 fully saturated rings. The molecule has 0 radical (unpaired) electrons. The van der Waals surface area contributed by atoms with E-state index in [2.05, 4.69) is 20.8 Å². The van der Waals surface area contributed by atoms with E-state index in [9.17, 15) is 4.79 Å². The third-order valence-corrected chi connectivity index (χ3v) is 3.48. The molecule has 0 saturated carbocycles. The Labute approximate surface area is 74.9 Å². The van der Waals surface area contributed by atoms with Crippen molar-refractivity contribution in [2.45, 2.75) is 33.6 Å². The largest absolute Gasteiger partial charge is 0.345 e. The minimum atomic E-state index is 0.458. The van der Waals surface area contributed by atoms with Gasteiger partial charge in [0, 0.05) is 13.1 Å². The van der Waals surface area contributed by atoms with Crippen LogP contribution in [0.3, 0.4) is 0 Å².